The lowest BCUT2D eigenvalue weighted by Crippen LogP contribution is -2.36. The summed E-state index contributed by atoms with van der Waals surface area (Å²) >= 11 is 0. The Morgan fingerprint density at radius 2 is 2.14 bits per heavy atom. The molecule has 114 valence electrons. The van der Waals surface area contributed by atoms with Gasteiger partial charge in [-0.2, -0.15) is 0 Å². The van der Waals surface area contributed by atoms with E-state index in [1.165, 1.54) is 6.42 Å². The molecule has 0 spiro atoms. The molecule has 0 saturated carbocycles. The first kappa shape index (κ1) is 14.5. The maximum atomic E-state index is 12.1. The second-order valence-corrected chi connectivity index (χ2v) is 6.06. The van der Waals surface area contributed by atoms with Crippen molar-refractivity contribution in [1.29, 1.82) is 0 Å². The van der Waals surface area contributed by atoms with Gasteiger partial charge in [0, 0.05) is 13.0 Å². The van der Waals surface area contributed by atoms with Crippen LogP contribution >= 0.6 is 0 Å². The number of amides is 1. The van der Waals surface area contributed by atoms with Gasteiger partial charge in [0.15, 0.2) is 0 Å². The molecule has 2 aliphatic rings. The Morgan fingerprint density at radius 3 is 2.90 bits per heavy atom. The summed E-state index contributed by atoms with van der Waals surface area (Å²) in [7, 11) is 0. The third kappa shape index (κ3) is 3.83. The molecule has 3 atom stereocenters. The first-order valence-electron chi connectivity index (χ1n) is 7.99. The van der Waals surface area contributed by atoms with E-state index in [1.807, 2.05) is 18.2 Å². The van der Waals surface area contributed by atoms with Crippen molar-refractivity contribution >= 4 is 5.91 Å². The van der Waals surface area contributed by atoms with Crippen molar-refractivity contribution in [3.8, 4) is 0 Å². The molecule has 4 nitrogen and oxygen atoms in total. The second-order valence-electron chi connectivity index (χ2n) is 6.06. The van der Waals surface area contributed by atoms with Gasteiger partial charge in [-0.3, -0.25) is 4.79 Å². The minimum absolute atomic E-state index is 0.00305. The van der Waals surface area contributed by atoms with Crippen molar-refractivity contribution in [1.82, 2.24) is 10.6 Å². The summed E-state index contributed by atoms with van der Waals surface area (Å²) in [6.45, 7) is 2.88. The van der Waals surface area contributed by atoms with E-state index < -0.39 is 0 Å². The molecule has 0 radical (unpaired) electrons. The summed E-state index contributed by atoms with van der Waals surface area (Å²) in [4.78, 5) is 12.1. The average molecular weight is 288 g/mol. The number of hydrogen-bond acceptors (Lipinski definition) is 3. The summed E-state index contributed by atoms with van der Waals surface area (Å²) in [5.41, 5.74) is 1.15. The van der Waals surface area contributed by atoms with E-state index >= 15 is 0 Å². The molecular formula is C17H24N2O2. The number of hydrogen-bond donors (Lipinski definition) is 2. The molecule has 2 saturated heterocycles. The highest BCUT2D eigenvalue weighted by molar-refractivity contribution is 5.76. The van der Waals surface area contributed by atoms with Gasteiger partial charge in [-0.25, -0.2) is 0 Å². The SMILES string of the molecule is O=C(CCC1CCNC1)NC1CCOC1c1ccccc1. The molecule has 2 fully saturated rings. The predicted octanol–water partition coefficient (Wildman–Crippen LogP) is 2.02. The van der Waals surface area contributed by atoms with E-state index in [-0.39, 0.29) is 18.1 Å². The van der Waals surface area contributed by atoms with Crippen LogP contribution in [-0.4, -0.2) is 31.6 Å². The predicted molar refractivity (Wildman–Crippen MR) is 81.9 cm³/mol. The summed E-state index contributed by atoms with van der Waals surface area (Å²) in [6.07, 6.45) is 3.72. The molecule has 21 heavy (non-hydrogen) atoms. The molecule has 0 aliphatic carbocycles. The number of ether oxygens (including phenoxy) is 1. The highest BCUT2D eigenvalue weighted by Gasteiger charge is 2.30. The van der Waals surface area contributed by atoms with Crippen molar-refractivity contribution in [3.05, 3.63) is 35.9 Å². The monoisotopic (exact) mass is 288 g/mol. The fraction of sp³-hybridized carbons (Fsp3) is 0.588. The van der Waals surface area contributed by atoms with Crippen LogP contribution in [0.5, 0.6) is 0 Å². The van der Waals surface area contributed by atoms with Gasteiger partial charge >= 0.3 is 0 Å². The van der Waals surface area contributed by atoms with Gasteiger partial charge in [-0.15, -0.1) is 0 Å². The van der Waals surface area contributed by atoms with Gasteiger partial charge in [0.25, 0.3) is 0 Å². The fourth-order valence-corrected chi connectivity index (χ4v) is 3.28. The van der Waals surface area contributed by atoms with E-state index in [2.05, 4.69) is 22.8 Å². The summed E-state index contributed by atoms with van der Waals surface area (Å²) in [5, 5.41) is 6.51. The van der Waals surface area contributed by atoms with E-state index in [0.717, 1.165) is 38.1 Å². The third-order valence-electron chi connectivity index (χ3n) is 4.51. The number of carbonyl (C=O) groups excluding carboxylic acids is 1. The molecule has 3 rings (SSSR count). The van der Waals surface area contributed by atoms with Crippen molar-refractivity contribution in [2.75, 3.05) is 19.7 Å². The molecule has 0 bridgehead atoms. The number of rotatable bonds is 5. The van der Waals surface area contributed by atoms with Crippen molar-refractivity contribution in [3.63, 3.8) is 0 Å². The molecule has 2 aliphatic heterocycles. The average Bonchev–Trinajstić information content (AvgIpc) is 3.17. The number of carbonyl (C=O) groups is 1. The Balaban J connectivity index is 1.50. The van der Waals surface area contributed by atoms with Crippen LogP contribution < -0.4 is 10.6 Å². The summed E-state index contributed by atoms with van der Waals surface area (Å²) < 4.78 is 5.81. The molecule has 1 aromatic carbocycles. The summed E-state index contributed by atoms with van der Waals surface area (Å²) in [5.74, 6) is 0.832. The van der Waals surface area contributed by atoms with Gasteiger partial charge in [0.2, 0.25) is 5.91 Å². The highest BCUT2D eigenvalue weighted by atomic mass is 16.5. The van der Waals surface area contributed by atoms with E-state index in [9.17, 15) is 4.79 Å². The van der Waals surface area contributed by atoms with Crippen LogP contribution in [0.3, 0.4) is 0 Å². The van der Waals surface area contributed by atoms with Crippen LogP contribution in [0.4, 0.5) is 0 Å². The maximum absolute atomic E-state index is 12.1. The largest absolute Gasteiger partial charge is 0.371 e. The lowest BCUT2D eigenvalue weighted by atomic mass is 10.0. The standard InChI is InChI=1S/C17H24N2O2/c20-16(7-6-13-8-10-18-12-13)19-15-9-11-21-17(15)14-4-2-1-3-5-14/h1-5,13,15,17-18H,6-12H2,(H,19,20). The molecule has 3 unspecified atom stereocenters. The van der Waals surface area contributed by atoms with Gasteiger partial charge in [-0.05, 0) is 43.8 Å². The Hall–Kier alpha value is -1.39. The second kappa shape index (κ2) is 7.05. The zero-order chi connectivity index (χ0) is 14.5. The van der Waals surface area contributed by atoms with Crippen molar-refractivity contribution in [2.24, 2.45) is 5.92 Å². The zero-order valence-corrected chi connectivity index (χ0v) is 12.4. The van der Waals surface area contributed by atoms with Gasteiger partial charge in [0.1, 0.15) is 6.10 Å². The van der Waals surface area contributed by atoms with E-state index in [1.54, 1.807) is 0 Å². The number of nitrogens with one attached hydrogen (secondary N) is 2. The lowest BCUT2D eigenvalue weighted by molar-refractivity contribution is -0.122. The Bertz CT molecular complexity index is 457. The van der Waals surface area contributed by atoms with Crippen LogP contribution in [0.1, 0.15) is 37.4 Å². The Labute approximate surface area is 126 Å². The van der Waals surface area contributed by atoms with E-state index in [4.69, 9.17) is 4.74 Å². The normalized spacial score (nSPS) is 28.7. The first-order chi connectivity index (χ1) is 10.3. The Morgan fingerprint density at radius 1 is 1.29 bits per heavy atom. The minimum atomic E-state index is 0.00305. The summed E-state index contributed by atoms with van der Waals surface area (Å²) in [6, 6.07) is 10.3. The van der Waals surface area contributed by atoms with E-state index in [0.29, 0.717) is 12.3 Å². The van der Waals surface area contributed by atoms with Crippen LogP contribution in [-0.2, 0) is 9.53 Å². The molecule has 1 aromatic rings. The first-order valence-corrected chi connectivity index (χ1v) is 7.99. The van der Waals surface area contributed by atoms with Gasteiger partial charge in [0.05, 0.1) is 6.04 Å². The van der Waals surface area contributed by atoms with Crippen molar-refractivity contribution in [2.45, 2.75) is 37.8 Å². The molecule has 2 heterocycles. The van der Waals surface area contributed by atoms with Crippen LogP contribution in [0, 0.1) is 5.92 Å². The molecule has 1 amide bonds. The molecule has 4 heteroatoms. The quantitative estimate of drug-likeness (QED) is 0.871. The molecular weight excluding hydrogens is 264 g/mol. The third-order valence-corrected chi connectivity index (χ3v) is 4.51. The smallest absolute Gasteiger partial charge is 0.220 e. The van der Waals surface area contributed by atoms with Gasteiger partial charge < -0.3 is 15.4 Å². The van der Waals surface area contributed by atoms with Crippen LogP contribution in [0.2, 0.25) is 0 Å². The zero-order valence-electron chi connectivity index (χ0n) is 12.4. The maximum Gasteiger partial charge on any atom is 0.220 e. The van der Waals surface area contributed by atoms with Gasteiger partial charge in [-0.1, -0.05) is 30.3 Å². The topological polar surface area (TPSA) is 50.4 Å². The lowest BCUT2D eigenvalue weighted by Gasteiger charge is -2.20. The number of benzene rings is 1. The molecule has 0 aromatic heterocycles. The Kier molecular flexibility index (Phi) is 4.88. The fourth-order valence-electron chi connectivity index (χ4n) is 3.28. The highest BCUT2D eigenvalue weighted by Crippen LogP contribution is 2.29. The van der Waals surface area contributed by atoms with Crippen molar-refractivity contribution < 1.29 is 9.53 Å². The van der Waals surface area contributed by atoms with Crippen LogP contribution in [0.25, 0.3) is 0 Å². The minimum Gasteiger partial charge on any atom is -0.371 e. The van der Waals surface area contributed by atoms with Crippen LogP contribution in [0.15, 0.2) is 30.3 Å². The molecule has 2 N–H and O–H groups in total.